The monoisotopic (exact) mass is 862 g/mol. The summed E-state index contributed by atoms with van der Waals surface area (Å²) in [4.78, 5) is 23.8. The van der Waals surface area contributed by atoms with E-state index in [1.54, 1.807) is 11.3 Å². The number of rotatable bonds is 4. The Morgan fingerprint density at radius 3 is 1.74 bits per heavy atom. The van der Waals surface area contributed by atoms with Gasteiger partial charge in [0.25, 0.3) is 0 Å². The molecular weight excluding hydrogens is 829 g/mol. The largest absolute Gasteiger partial charge is 0.247 e. The molecule has 14 rings (SSSR count). The summed E-state index contributed by atoms with van der Waals surface area (Å²) in [6.45, 7) is 0. The highest BCUT2D eigenvalue weighted by atomic mass is 32.2. The Kier molecular flexibility index (Phi) is 7.97. The van der Waals surface area contributed by atoms with E-state index in [2.05, 4.69) is 188 Å². The SMILES string of the molecule is c1ccc(-c2nc(-c3ccc4nc(-c5ccccc5)c5cc6c(cc5c4c3)C3(c4ccccc4Sc4ccccc43)c3ccccc3-6)nc(-c3cccc4c3sc3ccccc34)n2)cc1. The average Bonchev–Trinajstić information content (AvgIpc) is 3.89. The predicted molar refractivity (Wildman–Crippen MR) is 269 cm³/mol. The number of benzene rings is 9. The van der Waals surface area contributed by atoms with Crippen LogP contribution in [0.4, 0.5) is 0 Å². The Morgan fingerprint density at radius 1 is 0.338 bits per heavy atom. The van der Waals surface area contributed by atoms with Gasteiger partial charge in [-0.25, -0.2) is 19.9 Å². The molecule has 302 valence electrons. The number of fused-ring (bicyclic) bond motifs is 15. The molecule has 1 aliphatic carbocycles. The number of thiophene rings is 1. The van der Waals surface area contributed by atoms with E-state index in [0.717, 1.165) is 49.6 Å². The second kappa shape index (κ2) is 14.1. The van der Waals surface area contributed by atoms with Crippen LogP contribution in [0, 0.1) is 0 Å². The van der Waals surface area contributed by atoms with Crippen LogP contribution in [0.2, 0.25) is 0 Å². The Morgan fingerprint density at radius 2 is 0.954 bits per heavy atom. The quantitative estimate of drug-likeness (QED) is 0.165. The van der Waals surface area contributed by atoms with Crippen LogP contribution in [0.1, 0.15) is 22.3 Å². The highest BCUT2D eigenvalue weighted by Gasteiger charge is 2.50. The molecule has 0 fully saturated rings. The van der Waals surface area contributed by atoms with Crippen LogP contribution in [0.5, 0.6) is 0 Å². The van der Waals surface area contributed by atoms with Gasteiger partial charge >= 0.3 is 0 Å². The fourth-order valence-corrected chi connectivity index (χ4v) is 13.0. The summed E-state index contributed by atoms with van der Waals surface area (Å²) >= 11 is 3.66. The molecule has 0 saturated heterocycles. The van der Waals surface area contributed by atoms with Crippen molar-refractivity contribution in [2.24, 2.45) is 0 Å². The normalized spacial score (nSPS) is 13.3. The summed E-state index contributed by atoms with van der Waals surface area (Å²) in [6.07, 6.45) is 0. The first-order valence-corrected chi connectivity index (χ1v) is 23.5. The Bertz CT molecular complexity index is 3890. The maximum absolute atomic E-state index is 5.50. The summed E-state index contributed by atoms with van der Waals surface area (Å²) in [6, 6.07) is 74.4. The lowest BCUT2D eigenvalue weighted by Gasteiger charge is -2.39. The molecule has 0 atom stereocenters. The Hall–Kier alpha value is -7.77. The molecule has 1 aliphatic heterocycles. The van der Waals surface area contributed by atoms with Crippen molar-refractivity contribution in [2.45, 2.75) is 15.2 Å². The first kappa shape index (κ1) is 36.7. The van der Waals surface area contributed by atoms with Crippen LogP contribution < -0.4 is 0 Å². The van der Waals surface area contributed by atoms with Crippen LogP contribution >= 0.6 is 23.1 Å². The van der Waals surface area contributed by atoms with E-state index < -0.39 is 5.41 Å². The molecule has 0 N–H and O–H groups in total. The zero-order chi connectivity index (χ0) is 42.6. The van der Waals surface area contributed by atoms with Crippen LogP contribution in [-0.4, -0.2) is 19.9 Å². The van der Waals surface area contributed by atoms with Crippen molar-refractivity contribution in [2.75, 3.05) is 0 Å². The van der Waals surface area contributed by atoms with E-state index in [4.69, 9.17) is 19.9 Å². The van der Waals surface area contributed by atoms with E-state index in [1.165, 1.54) is 63.3 Å². The van der Waals surface area contributed by atoms with E-state index in [0.29, 0.717) is 17.5 Å². The lowest BCUT2D eigenvalue weighted by atomic mass is 9.67. The molecule has 4 heterocycles. The van der Waals surface area contributed by atoms with Crippen LogP contribution in [-0.2, 0) is 5.41 Å². The van der Waals surface area contributed by atoms with Gasteiger partial charge in [-0.2, -0.15) is 0 Å². The van der Waals surface area contributed by atoms with Crippen molar-refractivity contribution >= 4 is 64.9 Å². The van der Waals surface area contributed by atoms with Gasteiger partial charge in [-0.3, -0.25) is 0 Å². The fraction of sp³-hybridized carbons (Fsp3) is 0.0169. The van der Waals surface area contributed by atoms with Crippen LogP contribution in [0.3, 0.4) is 0 Å². The van der Waals surface area contributed by atoms with Gasteiger partial charge in [0.05, 0.1) is 16.6 Å². The zero-order valence-electron chi connectivity index (χ0n) is 34.7. The van der Waals surface area contributed by atoms with Gasteiger partial charge in [-0.1, -0.05) is 163 Å². The third kappa shape index (κ3) is 5.39. The molecule has 0 saturated carbocycles. The number of hydrogen-bond donors (Lipinski definition) is 0. The molecule has 2 aliphatic rings. The molecule has 0 unspecified atom stereocenters. The second-order valence-electron chi connectivity index (χ2n) is 16.8. The Balaban J connectivity index is 1.06. The summed E-state index contributed by atoms with van der Waals surface area (Å²) < 4.78 is 2.41. The molecule has 0 amide bonds. The van der Waals surface area contributed by atoms with Crippen molar-refractivity contribution in [3.8, 4) is 56.5 Å². The topological polar surface area (TPSA) is 51.6 Å². The van der Waals surface area contributed by atoms with Crippen molar-refractivity contribution in [1.82, 2.24) is 19.9 Å². The Labute approximate surface area is 383 Å². The van der Waals surface area contributed by atoms with E-state index in [9.17, 15) is 0 Å². The van der Waals surface area contributed by atoms with Gasteiger partial charge in [-0.05, 0) is 93.4 Å². The molecule has 0 radical (unpaired) electrons. The van der Waals surface area contributed by atoms with Gasteiger partial charge < -0.3 is 0 Å². The molecule has 1 spiro atoms. The van der Waals surface area contributed by atoms with Crippen LogP contribution in [0.15, 0.2) is 216 Å². The minimum absolute atomic E-state index is 0.514. The predicted octanol–water partition coefficient (Wildman–Crippen LogP) is 15.4. The van der Waals surface area contributed by atoms with Crippen LogP contribution in [0.25, 0.3) is 98.4 Å². The van der Waals surface area contributed by atoms with Crippen molar-refractivity contribution in [3.05, 3.63) is 229 Å². The zero-order valence-corrected chi connectivity index (χ0v) is 36.4. The molecule has 65 heavy (non-hydrogen) atoms. The molecule has 12 aromatic rings. The average molecular weight is 863 g/mol. The first-order chi connectivity index (χ1) is 32.2. The summed E-state index contributed by atoms with van der Waals surface area (Å²) in [5.74, 6) is 1.90. The molecule has 4 nitrogen and oxygen atoms in total. The maximum Gasteiger partial charge on any atom is 0.165 e. The van der Waals surface area contributed by atoms with Gasteiger partial charge in [-0.15, -0.1) is 11.3 Å². The van der Waals surface area contributed by atoms with Gasteiger partial charge in [0.15, 0.2) is 17.5 Å². The number of aromatic nitrogens is 4. The smallest absolute Gasteiger partial charge is 0.165 e. The standard InChI is InChI=1S/C59H34N4S2/c1-3-16-35(17-4-1)54-45-33-43-38-20-7-9-24-46(38)59(47-25-10-13-28-52(47)64-53-29-14-11-26-48(53)59)49(43)34-42(45)44-32-37(30-31-50(44)60-54)57-61-56(36-18-5-2-6-19-36)62-58(63-57)41-23-15-22-40-39-21-8-12-27-51(39)65-55(40)41/h1-34H. The molecule has 6 heteroatoms. The minimum atomic E-state index is -0.514. The second-order valence-corrected chi connectivity index (χ2v) is 19.0. The summed E-state index contributed by atoms with van der Waals surface area (Å²) in [5.41, 5.74) is 13.0. The summed E-state index contributed by atoms with van der Waals surface area (Å²) in [7, 11) is 0. The highest BCUT2D eigenvalue weighted by Crippen LogP contribution is 2.63. The number of pyridine rings is 1. The van der Waals surface area contributed by atoms with Crippen molar-refractivity contribution in [1.29, 1.82) is 0 Å². The molecule has 3 aromatic heterocycles. The fourth-order valence-electron chi connectivity index (χ4n) is 10.6. The third-order valence-electron chi connectivity index (χ3n) is 13.4. The van der Waals surface area contributed by atoms with E-state index in [-0.39, 0.29) is 0 Å². The molecule has 9 aromatic carbocycles. The van der Waals surface area contributed by atoms with E-state index >= 15 is 0 Å². The van der Waals surface area contributed by atoms with Gasteiger partial charge in [0.2, 0.25) is 0 Å². The minimum Gasteiger partial charge on any atom is -0.247 e. The third-order valence-corrected chi connectivity index (χ3v) is 15.7. The lowest BCUT2D eigenvalue weighted by molar-refractivity contribution is 0.723. The molecule has 0 bridgehead atoms. The maximum atomic E-state index is 5.50. The molecular formula is C59H34N4S2. The first-order valence-electron chi connectivity index (χ1n) is 21.9. The van der Waals surface area contributed by atoms with Gasteiger partial charge in [0.1, 0.15) is 0 Å². The number of hydrogen-bond acceptors (Lipinski definition) is 6. The van der Waals surface area contributed by atoms with Crippen molar-refractivity contribution in [3.63, 3.8) is 0 Å². The number of nitrogens with zero attached hydrogens (tertiary/aromatic N) is 4. The van der Waals surface area contributed by atoms with Crippen molar-refractivity contribution < 1.29 is 0 Å². The summed E-state index contributed by atoms with van der Waals surface area (Å²) in [5, 5.41) is 5.75. The van der Waals surface area contributed by atoms with E-state index in [1.807, 2.05) is 30.0 Å². The van der Waals surface area contributed by atoms with Gasteiger partial charge in [0, 0.05) is 63.0 Å². The lowest BCUT2D eigenvalue weighted by Crippen LogP contribution is -2.31. The highest BCUT2D eigenvalue weighted by molar-refractivity contribution is 7.99.